The molecule has 1 aromatic carbocycles. The average molecular weight is 205 g/mol. The van der Waals surface area contributed by atoms with E-state index in [9.17, 15) is 5.11 Å². The van der Waals surface area contributed by atoms with Gasteiger partial charge in [-0.25, -0.2) is 0 Å². The molecule has 0 saturated carbocycles. The van der Waals surface area contributed by atoms with Crippen molar-refractivity contribution in [1.29, 1.82) is 0 Å². The molecule has 1 fully saturated rings. The quantitative estimate of drug-likeness (QED) is 0.779. The molecule has 1 unspecified atom stereocenters. The maximum Gasteiger partial charge on any atom is 0.107 e. The highest BCUT2D eigenvalue weighted by molar-refractivity contribution is 5.46. The van der Waals surface area contributed by atoms with Gasteiger partial charge >= 0.3 is 0 Å². The summed E-state index contributed by atoms with van der Waals surface area (Å²) in [7, 11) is 0. The van der Waals surface area contributed by atoms with Gasteiger partial charge in [0.1, 0.15) is 6.23 Å². The molecule has 1 heterocycles. The minimum Gasteiger partial charge on any atom is -0.378 e. The first-order valence-corrected chi connectivity index (χ1v) is 5.32. The molecule has 0 bridgehead atoms. The normalized spacial score (nSPS) is 20.3. The van der Waals surface area contributed by atoms with E-state index in [1.165, 1.54) is 5.69 Å². The van der Waals surface area contributed by atoms with E-state index in [1.807, 2.05) is 11.0 Å². The van der Waals surface area contributed by atoms with Gasteiger partial charge in [0.05, 0.1) is 0 Å². The van der Waals surface area contributed by atoms with E-state index in [2.05, 4.69) is 36.1 Å². The van der Waals surface area contributed by atoms with Crippen LogP contribution in [-0.4, -0.2) is 42.4 Å². The van der Waals surface area contributed by atoms with Crippen LogP contribution in [0, 0.1) is 6.92 Å². The van der Waals surface area contributed by atoms with Gasteiger partial charge in [-0.1, -0.05) is 18.2 Å². The van der Waals surface area contributed by atoms with Crippen molar-refractivity contribution < 1.29 is 5.11 Å². The van der Waals surface area contributed by atoms with E-state index < -0.39 is 6.23 Å². The summed E-state index contributed by atoms with van der Waals surface area (Å²) in [6, 6.07) is 10.4. The second kappa shape index (κ2) is 4.64. The second-order valence-electron chi connectivity index (χ2n) is 3.84. The third-order valence-corrected chi connectivity index (χ3v) is 2.86. The van der Waals surface area contributed by atoms with Gasteiger partial charge in [-0.15, -0.1) is 0 Å². The van der Waals surface area contributed by atoms with Crippen LogP contribution >= 0.6 is 0 Å². The predicted octanol–water partition coefficient (Wildman–Crippen LogP) is 0.961. The van der Waals surface area contributed by atoms with Gasteiger partial charge in [-0.3, -0.25) is 4.90 Å². The minimum atomic E-state index is -0.567. The Kier molecular flexibility index (Phi) is 3.23. The number of piperazine rings is 1. The molecule has 1 atom stereocenters. The summed E-state index contributed by atoms with van der Waals surface area (Å²) >= 11 is 0. The number of rotatable bonds is 2. The topological polar surface area (TPSA) is 26.7 Å². The van der Waals surface area contributed by atoms with Crippen LogP contribution in [0.25, 0.3) is 0 Å². The Bertz CT molecular complexity index is 292. The molecule has 3 nitrogen and oxygen atoms in total. The molecular formula is C12H17N2O. The van der Waals surface area contributed by atoms with Gasteiger partial charge in [-0.2, -0.15) is 0 Å². The Hall–Kier alpha value is -1.06. The van der Waals surface area contributed by atoms with E-state index in [-0.39, 0.29) is 0 Å². The summed E-state index contributed by atoms with van der Waals surface area (Å²) in [5.41, 5.74) is 1.26. The monoisotopic (exact) mass is 205 g/mol. The highest BCUT2D eigenvalue weighted by Crippen LogP contribution is 2.15. The molecule has 2 rings (SSSR count). The van der Waals surface area contributed by atoms with Gasteiger partial charge < -0.3 is 10.0 Å². The van der Waals surface area contributed by atoms with Gasteiger partial charge in [0.15, 0.2) is 0 Å². The fourth-order valence-electron chi connectivity index (χ4n) is 1.92. The van der Waals surface area contributed by atoms with Crippen molar-refractivity contribution in [1.82, 2.24) is 4.90 Å². The standard InChI is InChI=1S/C12H17N2O/c1-11(15)13-7-9-14(10-8-13)12-5-3-2-4-6-12/h2-6,11,15H,1,7-10H2. The summed E-state index contributed by atoms with van der Waals surface area (Å²) in [4.78, 5) is 4.32. The van der Waals surface area contributed by atoms with Crippen LogP contribution in [0.5, 0.6) is 0 Å². The number of hydrogen-bond acceptors (Lipinski definition) is 3. The first-order valence-electron chi connectivity index (χ1n) is 5.32. The molecule has 0 amide bonds. The Balaban J connectivity index is 1.94. The lowest BCUT2D eigenvalue weighted by Gasteiger charge is -2.37. The molecule has 1 aliphatic heterocycles. The van der Waals surface area contributed by atoms with Crippen molar-refractivity contribution in [2.24, 2.45) is 0 Å². The Morgan fingerprint density at radius 3 is 2.20 bits per heavy atom. The fourth-order valence-corrected chi connectivity index (χ4v) is 1.92. The largest absolute Gasteiger partial charge is 0.378 e. The zero-order valence-corrected chi connectivity index (χ0v) is 8.84. The van der Waals surface area contributed by atoms with Crippen LogP contribution in [0.3, 0.4) is 0 Å². The van der Waals surface area contributed by atoms with E-state index in [1.54, 1.807) is 0 Å². The summed E-state index contributed by atoms with van der Waals surface area (Å²) in [5, 5.41) is 9.33. The Labute approximate surface area is 90.9 Å². The molecule has 0 spiro atoms. The Morgan fingerprint density at radius 1 is 1.07 bits per heavy atom. The van der Waals surface area contributed by atoms with Crippen molar-refractivity contribution in [2.75, 3.05) is 31.1 Å². The molecule has 1 aliphatic rings. The molecule has 1 saturated heterocycles. The van der Waals surface area contributed by atoms with E-state index in [0.717, 1.165) is 26.2 Å². The maximum atomic E-state index is 9.33. The van der Waals surface area contributed by atoms with Crippen LogP contribution in [0.15, 0.2) is 30.3 Å². The number of benzene rings is 1. The highest BCUT2D eigenvalue weighted by Gasteiger charge is 2.19. The summed E-state index contributed by atoms with van der Waals surface area (Å²) in [6.45, 7) is 7.28. The first-order chi connectivity index (χ1) is 7.27. The molecule has 1 radical (unpaired) electrons. The van der Waals surface area contributed by atoms with Crippen molar-refractivity contribution in [3.05, 3.63) is 37.3 Å². The molecular weight excluding hydrogens is 188 g/mol. The van der Waals surface area contributed by atoms with Crippen molar-refractivity contribution in [3.63, 3.8) is 0 Å². The molecule has 0 aromatic heterocycles. The molecule has 1 N–H and O–H groups in total. The van der Waals surface area contributed by atoms with Crippen molar-refractivity contribution >= 4 is 5.69 Å². The van der Waals surface area contributed by atoms with Gasteiger partial charge in [0.25, 0.3) is 0 Å². The van der Waals surface area contributed by atoms with Gasteiger partial charge in [0, 0.05) is 31.9 Å². The smallest absolute Gasteiger partial charge is 0.107 e. The van der Waals surface area contributed by atoms with Gasteiger partial charge in [-0.05, 0) is 19.1 Å². The third kappa shape index (κ3) is 2.49. The number of para-hydroxylation sites is 1. The number of hydrogen-bond donors (Lipinski definition) is 1. The third-order valence-electron chi connectivity index (χ3n) is 2.86. The van der Waals surface area contributed by atoms with E-state index in [4.69, 9.17) is 0 Å². The summed E-state index contributed by atoms with van der Waals surface area (Å²) in [5.74, 6) is 0. The first kappa shape index (κ1) is 10.5. The zero-order valence-electron chi connectivity index (χ0n) is 8.84. The van der Waals surface area contributed by atoms with Crippen LogP contribution in [0.1, 0.15) is 0 Å². The Morgan fingerprint density at radius 2 is 1.67 bits per heavy atom. The lowest BCUT2D eigenvalue weighted by Crippen LogP contribution is -2.49. The minimum absolute atomic E-state index is 0.567. The average Bonchev–Trinajstić information content (AvgIpc) is 2.30. The number of aliphatic hydroxyl groups is 1. The lowest BCUT2D eigenvalue weighted by molar-refractivity contribution is 0.0355. The maximum absolute atomic E-state index is 9.33. The van der Waals surface area contributed by atoms with Crippen LogP contribution in [-0.2, 0) is 0 Å². The lowest BCUT2D eigenvalue weighted by atomic mass is 10.2. The van der Waals surface area contributed by atoms with Crippen LogP contribution in [0.2, 0.25) is 0 Å². The van der Waals surface area contributed by atoms with Crippen LogP contribution in [0.4, 0.5) is 5.69 Å². The molecule has 1 aromatic rings. The van der Waals surface area contributed by atoms with Crippen molar-refractivity contribution in [3.8, 4) is 0 Å². The predicted molar refractivity (Wildman–Crippen MR) is 61.6 cm³/mol. The van der Waals surface area contributed by atoms with E-state index >= 15 is 0 Å². The van der Waals surface area contributed by atoms with Crippen LogP contribution < -0.4 is 4.90 Å². The zero-order chi connectivity index (χ0) is 10.7. The SMILES string of the molecule is [CH2]C(O)N1CCN(c2ccccc2)CC1. The molecule has 15 heavy (non-hydrogen) atoms. The van der Waals surface area contributed by atoms with E-state index in [0.29, 0.717) is 0 Å². The molecule has 3 heteroatoms. The number of nitrogens with zero attached hydrogens (tertiary/aromatic N) is 2. The fraction of sp³-hybridized carbons (Fsp3) is 0.417. The molecule has 81 valence electrons. The van der Waals surface area contributed by atoms with Gasteiger partial charge in [0.2, 0.25) is 0 Å². The molecule has 0 aliphatic carbocycles. The number of anilines is 1. The summed E-state index contributed by atoms with van der Waals surface area (Å²) in [6.07, 6.45) is -0.567. The summed E-state index contributed by atoms with van der Waals surface area (Å²) < 4.78 is 0. The highest BCUT2D eigenvalue weighted by atomic mass is 16.3. The van der Waals surface area contributed by atoms with Crippen molar-refractivity contribution in [2.45, 2.75) is 6.23 Å². The number of aliphatic hydroxyl groups excluding tert-OH is 1. The second-order valence-corrected chi connectivity index (χ2v) is 3.84.